The Labute approximate surface area is 170 Å². The van der Waals surface area contributed by atoms with Crippen LogP contribution in [0.5, 0.6) is 11.5 Å². The molecule has 0 spiro atoms. The fourth-order valence-corrected chi connectivity index (χ4v) is 2.87. The topological polar surface area (TPSA) is 65.4 Å². The second-order valence-electron chi connectivity index (χ2n) is 6.62. The number of nitrogens with zero attached hydrogens (tertiary/aromatic N) is 2. The minimum Gasteiger partial charge on any atom is -0.496 e. The number of aryl methyl sites for hydroxylation is 2. The van der Waals surface area contributed by atoms with Crippen LogP contribution < -0.4 is 14.8 Å². The third-order valence-corrected chi connectivity index (χ3v) is 4.57. The summed E-state index contributed by atoms with van der Waals surface area (Å²) in [4.78, 5) is 12.1. The van der Waals surface area contributed by atoms with Crippen LogP contribution in [0.25, 0.3) is 6.08 Å². The van der Waals surface area contributed by atoms with Crippen LogP contribution in [0.4, 0.5) is 0 Å². The standard InChI is InChI=1S/C23H25N3O3/c1-17-6-4-5-7-21(17)29-16-19-14-18(8-10-22(19)28-3)9-11-23(27)24-15-20-12-13-25-26(20)2/h4-14H,15-16H2,1-3H3,(H,24,27)/b11-9+. The van der Waals surface area contributed by atoms with Gasteiger partial charge in [0.2, 0.25) is 5.91 Å². The zero-order valence-corrected chi connectivity index (χ0v) is 16.9. The van der Waals surface area contributed by atoms with Crippen molar-refractivity contribution in [1.82, 2.24) is 15.1 Å². The summed E-state index contributed by atoms with van der Waals surface area (Å²) in [5, 5.41) is 6.93. The third kappa shape index (κ3) is 5.48. The monoisotopic (exact) mass is 391 g/mol. The van der Waals surface area contributed by atoms with E-state index in [1.165, 1.54) is 6.08 Å². The summed E-state index contributed by atoms with van der Waals surface area (Å²) in [5.74, 6) is 1.42. The number of rotatable bonds is 8. The molecule has 0 bridgehead atoms. The van der Waals surface area contributed by atoms with Gasteiger partial charge in [0.1, 0.15) is 18.1 Å². The summed E-state index contributed by atoms with van der Waals surface area (Å²) in [7, 11) is 3.48. The summed E-state index contributed by atoms with van der Waals surface area (Å²) in [5.41, 5.74) is 3.82. The smallest absolute Gasteiger partial charge is 0.244 e. The van der Waals surface area contributed by atoms with Gasteiger partial charge in [0.05, 0.1) is 19.3 Å². The molecule has 1 amide bonds. The predicted octanol–water partition coefficient (Wildman–Crippen LogP) is 3.65. The number of hydrogen-bond donors (Lipinski definition) is 1. The number of amides is 1. The molecule has 0 aliphatic heterocycles. The number of carbonyl (C=O) groups is 1. The van der Waals surface area contributed by atoms with Crippen LogP contribution in [0.2, 0.25) is 0 Å². The Kier molecular flexibility index (Phi) is 6.68. The molecular weight excluding hydrogens is 366 g/mol. The van der Waals surface area contributed by atoms with Gasteiger partial charge in [-0.2, -0.15) is 5.10 Å². The van der Waals surface area contributed by atoms with E-state index in [1.54, 1.807) is 24.1 Å². The van der Waals surface area contributed by atoms with Crippen LogP contribution >= 0.6 is 0 Å². The molecule has 0 radical (unpaired) electrons. The fraction of sp³-hybridized carbons (Fsp3) is 0.217. The SMILES string of the molecule is COc1ccc(/C=C/C(=O)NCc2ccnn2C)cc1COc1ccccc1C. The van der Waals surface area contributed by atoms with Gasteiger partial charge >= 0.3 is 0 Å². The first kappa shape index (κ1) is 20.2. The van der Waals surface area contributed by atoms with Crippen molar-refractivity contribution in [3.05, 3.63) is 83.2 Å². The van der Waals surface area contributed by atoms with Crippen LogP contribution in [0.3, 0.4) is 0 Å². The molecule has 6 nitrogen and oxygen atoms in total. The third-order valence-electron chi connectivity index (χ3n) is 4.57. The summed E-state index contributed by atoms with van der Waals surface area (Å²) in [6, 6.07) is 15.5. The Balaban J connectivity index is 1.64. The van der Waals surface area contributed by atoms with E-state index in [0.717, 1.165) is 33.9 Å². The molecule has 2 aromatic carbocycles. The van der Waals surface area contributed by atoms with Crippen molar-refractivity contribution >= 4 is 12.0 Å². The van der Waals surface area contributed by atoms with Gasteiger partial charge in [-0.25, -0.2) is 0 Å². The molecule has 3 aromatic rings. The second kappa shape index (κ2) is 9.59. The van der Waals surface area contributed by atoms with Gasteiger partial charge in [0.15, 0.2) is 0 Å². The minimum absolute atomic E-state index is 0.167. The molecule has 0 atom stereocenters. The highest BCUT2D eigenvalue weighted by Crippen LogP contribution is 2.24. The molecule has 150 valence electrons. The molecular formula is C23H25N3O3. The molecule has 3 rings (SSSR count). The van der Waals surface area contributed by atoms with Gasteiger partial charge in [-0.15, -0.1) is 0 Å². The van der Waals surface area contributed by atoms with E-state index < -0.39 is 0 Å². The first-order valence-corrected chi connectivity index (χ1v) is 9.35. The predicted molar refractivity (Wildman–Crippen MR) is 113 cm³/mol. The van der Waals surface area contributed by atoms with Gasteiger partial charge in [-0.05, 0) is 48.4 Å². The number of carbonyl (C=O) groups excluding carboxylic acids is 1. The largest absolute Gasteiger partial charge is 0.496 e. The van der Waals surface area contributed by atoms with Crippen molar-refractivity contribution in [2.75, 3.05) is 7.11 Å². The van der Waals surface area contributed by atoms with Crippen LogP contribution in [-0.2, 0) is 25.0 Å². The van der Waals surface area contributed by atoms with E-state index in [9.17, 15) is 4.79 Å². The van der Waals surface area contributed by atoms with E-state index >= 15 is 0 Å². The van der Waals surface area contributed by atoms with Crippen molar-refractivity contribution in [2.24, 2.45) is 7.05 Å². The number of aromatic nitrogens is 2. The van der Waals surface area contributed by atoms with Gasteiger partial charge in [0, 0.05) is 24.9 Å². The minimum atomic E-state index is -0.167. The Morgan fingerprint density at radius 2 is 2.00 bits per heavy atom. The van der Waals surface area contributed by atoms with Crippen LogP contribution in [0, 0.1) is 6.92 Å². The highest BCUT2D eigenvalue weighted by molar-refractivity contribution is 5.91. The molecule has 0 aliphatic rings. The van der Waals surface area contributed by atoms with Crippen molar-refractivity contribution in [3.63, 3.8) is 0 Å². The number of ether oxygens (including phenoxy) is 2. The van der Waals surface area contributed by atoms with E-state index in [2.05, 4.69) is 10.4 Å². The molecule has 0 saturated carbocycles. The second-order valence-corrected chi connectivity index (χ2v) is 6.62. The lowest BCUT2D eigenvalue weighted by molar-refractivity contribution is -0.116. The molecule has 0 saturated heterocycles. The highest BCUT2D eigenvalue weighted by atomic mass is 16.5. The van der Waals surface area contributed by atoms with Crippen LogP contribution in [-0.4, -0.2) is 22.8 Å². The maximum absolute atomic E-state index is 12.1. The first-order chi connectivity index (χ1) is 14.1. The summed E-state index contributed by atoms with van der Waals surface area (Å²) < 4.78 is 13.1. The molecule has 1 aromatic heterocycles. The van der Waals surface area contributed by atoms with Gasteiger partial charge < -0.3 is 14.8 Å². The number of hydrogen-bond acceptors (Lipinski definition) is 4. The lowest BCUT2D eigenvalue weighted by Crippen LogP contribution is -2.21. The highest BCUT2D eigenvalue weighted by Gasteiger charge is 2.07. The van der Waals surface area contributed by atoms with E-state index in [-0.39, 0.29) is 5.91 Å². The number of para-hydroxylation sites is 1. The van der Waals surface area contributed by atoms with Gasteiger partial charge in [0.25, 0.3) is 0 Å². The lowest BCUT2D eigenvalue weighted by atomic mass is 10.1. The number of benzene rings is 2. The average molecular weight is 391 g/mol. The van der Waals surface area contributed by atoms with Gasteiger partial charge in [-0.3, -0.25) is 9.48 Å². The van der Waals surface area contributed by atoms with E-state index in [1.807, 2.05) is 62.5 Å². The van der Waals surface area contributed by atoms with Crippen LogP contribution in [0.1, 0.15) is 22.4 Å². The first-order valence-electron chi connectivity index (χ1n) is 9.35. The normalized spacial score (nSPS) is 10.9. The average Bonchev–Trinajstić information content (AvgIpc) is 3.15. The maximum atomic E-state index is 12.1. The summed E-state index contributed by atoms with van der Waals surface area (Å²) >= 11 is 0. The van der Waals surface area contributed by atoms with Crippen molar-refractivity contribution in [3.8, 4) is 11.5 Å². The van der Waals surface area contributed by atoms with Gasteiger partial charge in [-0.1, -0.05) is 24.3 Å². The summed E-state index contributed by atoms with van der Waals surface area (Å²) in [6.07, 6.45) is 4.99. The summed E-state index contributed by atoms with van der Waals surface area (Å²) in [6.45, 7) is 2.82. The van der Waals surface area contributed by atoms with Crippen molar-refractivity contribution in [1.29, 1.82) is 0 Å². The lowest BCUT2D eigenvalue weighted by Gasteiger charge is -2.12. The molecule has 1 N–H and O–H groups in total. The van der Waals surface area contributed by atoms with E-state index in [4.69, 9.17) is 9.47 Å². The molecule has 6 heteroatoms. The zero-order valence-electron chi connectivity index (χ0n) is 16.9. The Hall–Kier alpha value is -3.54. The Morgan fingerprint density at radius 1 is 1.17 bits per heavy atom. The molecule has 29 heavy (non-hydrogen) atoms. The molecule has 0 fully saturated rings. The molecule has 0 aliphatic carbocycles. The Bertz CT molecular complexity index is 1010. The van der Waals surface area contributed by atoms with Crippen molar-refractivity contribution < 1.29 is 14.3 Å². The van der Waals surface area contributed by atoms with Crippen LogP contribution in [0.15, 0.2) is 60.8 Å². The number of nitrogens with one attached hydrogen (secondary N) is 1. The van der Waals surface area contributed by atoms with Crippen molar-refractivity contribution in [2.45, 2.75) is 20.1 Å². The number of methoxy groups -OCH3 is 1. The molecule has 0 unspecified atom stereocenters. The quantitative estimate of drug-likeness (QED) is 0.596. The molecule has 1 heterocycles. The Morgan fingerprint density at radius 3 is 2.72 bits per heavy atom. The zero-order chi connectivity index (χ0) is 20.6. The van der Waals surface area contributed by atoms with E-state index in [0.29, 0.717) is 13.2 Å². The fourth-order valence-electron chi connectivity index (χ4n) is 2.87. The maximum Gasteiger partial charge on any atom is 0.244 e.